The van der Waals surface area contributed by atoms with Crippen LogP contribution in [0.25, 0.3) is 11.3 Å². The van der Waals surface area contributed by atoms with Crippen LogP contribution in [-0.4, -0.2) is 51.8 Å². The van der Waals surface area contributed by atoms with Crippen LogP contribution in [0.1, 0.15) is 53.5 Å². The highest BCUT2D eigenvalue weighted by Gasteiger charge is 2.26. The lowest BCUT2D eigenvalue weighted by Gasteiger charge is -2.26. The number of hydrogen-bond donors (Lipinski definition) is 1. The third-order valence-corrected chi connectivity index (χ3v) is 4.58. The quantitative estimate of drug-likeness (QED) is 0.601. The maximum absolute atomic E-state index is 12.3. The lowest BCUT2D eigenvalue weighted by atomic mass is 9.93. The molecule has 0 aliphatic carbocycles. The van der Waals surface area contributed by atoms with Gasteiger partial charge in [-0.15, -0.1) is 0 Å². The molecule has 1 atom stereocenters. The number of carbonyl (C=O) groups excluding carboxylic acids is 2. The molecule has 0 saturated heterocycles. The van der Waals surface area contributed by atoms with Gasteiger partial charge in [0.05, 0.1) is 11.3 Å². The van der Waals surface area contributed by atoms with Crippen LogP contribution in [-0.2, 0) is 4.74 Å². The Bertz CT molecular complexity index is 1100. The monoisotopic (exact) mass is 483 g/mol. The zero-order chi connectivity index (χ0) is 26.4. The number of nitrogens with zero attached hydrogens (tertiary/aromatic N) is 4. The maximum Gasteiger partial charge on any atom is 0.426 e. The zero-order valence-corrected chi connectivity index (χ0v) is 21.3. The van der Waals surface area contributed by atoms with Crippen LogP contribution >= 0.6 is 0 Å². The molecule has 0 unspecified atom stereocenters. The second kappa shape index (κ2) is 11.1. The minimum absolute atomic E-state index is 0.255. The molecule has 1 heterocycles. The summed E-state index contributed by atoms with van der Waals surface area (Å²) in [5.41, 5.74) is 6.32. The predicted molar refractivity (Wildman–Crippen MR) is 130 cm³/mol. The largest absolute Gasteiger partial charge is 0.490 e. The Morgan fingerprint density at radius 1 is 1.17 bits per heavy atom. The number of amides is 2. The van der Waals surface area contributed by atoms with Gasteiger partial charge in [0, 0.05) is 24.3 Å². The third kappa shape index (κ3) is 8.54. The third-order valence-electron chi connectivity index (χ3n) is 4.58. The fourth-order valence-electron chi connectivity index (χ4n) is 3.24. The number of rotatable bonds is 7. The van der Waals surface area contributed by atoms with Crippen molar-refractivity contribution in [3.05, 3.63) is 36.0 Å². The van der Waals surface area contributed by atoms with E-state index in [1.165, 1.54) is 13.2 Å². The van der Waals surface area contributed by atoms with Gasteiger partial charge in [-0.25, -0.2) is 19.5 Å². The van der Waals surface area contributed by atoms with E-state index in [4.69, 9.17) is 19.9 Å². The molecular formula is C25H33N5O5. The van der Waals surface area contributed by atoms with E-state index in [1.807, 2.05) is 6.92 Å². The van der Waals surface area contributed by atoms with E-state index in [1.54, 1.807) is 45.0 Å². The molecule has 1 aromatic carbocycles. The molecule has 188 valence electrons. The van der Waals surface area contributed by atoms with Crippen LogP contribution in [0, 0.1) is 17.2 Å². The Morgan fingerprint density at radius 2 is 1.86 bits per heavy atom. The van der Waals surface area contributed by atoms with Gasteiger partial charge in [-0.2, -0.15) is 10.2 Å². The van der Waals surface area contributed by atoms with Crippen LogP contribution in [0.4, 0.5) is 9.59 Å². The Kier molecular flexibility index (Phi) is 8.77. The highest BCUT2D eigenvalue weighted by Crippen LogP contribution is 2.27. The van der Waals surface area contributed by atoms with E-state index in [0.29, 0.717) is 33.4 Å². The van der Waals surface area contributed by atoms with Crippen molar-refractivity contribution in [3.63, 3.8) is 0 Å². The van der Waals surface area contributed by atoms with E-state index in [-0.39, 0.29) is 12.6 Å². The minimum atomic E-state index is -0.996. The molecule has 0 radical (unpaired) electrons. The molecule has 0 bridgehead atoms. The topological polar surface area (TPSA) is 141 Å². The van der Waals surface area contributed by atoms with Crippen molar-refractivity contribution in [1.29, 1.82) is 5.26 Å². The zero-order valence-electron chi connectivity index (χ0n) is 21.3. The maximum atomic E-state index is 12.3. The molecular weight excluding hydrogens is 450 g/mol. The number of hydrogen-bond acceptors (Lipinski definition) is 9. The number of aromatic nitrogens is 2. The fourth-order valence-corrected chi connectivity index (χ4v) is 3.24. The molecule has 2 N–H and O–H groups in total. The molecule has 2 aromatic rings. The lowest BCUT2D eigenvalue weighted by Crippen LogP contribution is -2.43. The number of carbonyl (C=O) groups is 2. The summed E-state index contributed by atoms with van der Waals surface area (Å²) >= 11 is 0. The molecule has 0 fully saturated rings. The minimum Gasteiger partial charge on any atom is -0.490 e. The number of ether oxygens (including phenoxy) is 3. The molecule has 10 nitrogen and oxygen atoms in total. The summed E-state index contributed by atoms with van der Waals surface area (Å²) in [4.78, 5) is 33.2. The van der Waals surface area contributed by atoms with Crippen LogP contribution in [0.3, 0.4) is 0 Å². The van der Waals surface area contributed by atoms with Crippen molar-refractivity contribution < 1.29 is 23.8 Å². The van der Waals surface area contributed by atoms with Gasteiger partial charge >= 0.3 is 18.2 Å². The molecule has 10 heteroatoms. The van der Waals surface area contributed by atoms with Gasteiger partial charge in [-0.05, 0) is 64.3 Å². The van der Waals surface area contributed by atoms with Gasteiger partial charge in [-0.3, -0.25) is 0 Å². The van der Waals surface area contributed by atoms with Gasteiger partial charge in [0.15, 0.2) is 0 Å². The van der Waals surface area contributed by atoms with Gasteiger partial charge in [0.2, 0.25) is 0 Å². The number of nitriles is 1. The van der Waals surface area contributed by atoms with E-state index in [9.17, 15) is 14.9 Å². The van der Waals surface area contributed by atoms with Crippen LogP contribution < -0.4 is 15.2 Å². The van der Waals surface area contributed by atoms with Gasteiger partial charge < -0.3 is 19.9 Å². The Labute approximate surface area is 206 Å². The van der Waals surface area contributed by atoms with E-state index in [2.05, 4.69) is 29.9 Å². The fraction of sp³-hybridized carbons (Fsp3) is 0.480. The molecule has 2 rings (SSSR count). The van der Waals surface area contributed by atoms with Crippen molar-refractivity contribution in [2.24, 2.45) is 11.7 Å². The number of benzene rings is 1. The first-order valence-corrected chi connectivity index (χ1v) is 11.2. The second-order valence-corrected chi connectivity index (χ2v) is 10.00. The number of imide groups is 1. The van der Waals surface area contributed by atoms with Gasteiger partial charge in [-0.1, -0.05) is 13.8 Å². The van der Waals surface area contributed by atoms with E-state index in [0.717, 1.165) is 6.42 Å². The van der Waals surface area contributed by atoms with Crippen LogP contribution in [0.2, 0.25) is 0 Å². The van der Waals surface area contributed by atoms with Crippen molar-refractivity contribution in [1.82, 2.24) is 14.9 Å². The first-order chi connectivity index (χ1) is 16.2. The van der Waals surface area contributed by atoms with Crippen LogP contribution in [0.15, 0.2) is 30.5 Å². The second-order valence-electron chi connectivity index (χ2n) is 10.00. The standard InChI is InChI=1S/C25H33N5O5/c1-16(2)13-25(6,27)15-33-20-9-8-17(12-18(20)14-26)19-10-11-28-21(29-19)34-22(31)30(7)23(32)35-24(3,4)5/h8-12,16H,13,15,27H2,1-7H3/t25-/m0/s1. The summed E-state index contributed by atoms with van der Waals surface area (Å²) < 4.78 is 16.1. The summed E-state index contributed by atoms with van der Waals surface area (Å²) in [5, 5.41) is 9.62. The average Bonchev–Trinajstić information content (AvgIpc) is 2.75. The first kappa shape index (κ1) is 27.5. The predicted octanol–water partition coefficient (Wildman–Crippen LogP) is 4.52. The Balaban J connectivity index is 2.16. The highest BCUT2D eigenvalue weighted by atomic mass is 16.6. The normalized spacial score (nSPS) is 12.9. The first-order valence-electron chi connectivity index (χ1n) is 11.2. The molecule has 35 heavy (non-hydrogen) atoms. The van der Waals surface area contributed by atoms with Crippen molar-refractivity contribution in [2.45, 2.75) is 59.1 Å². The summed E-state index contributed by atoms with van der Waals surface area (Å²) in [7, 11) is 1.23. The average molecular weight is 484 g/mol. The Morgan fingerprint density at radius 3 is 2.46 bits per heavy atom. The highest BCUT2D eigenvalue weighted by molar-refractivity contribution is 5.88. The van der Waals surface area contributed by atoms with E-state index >= 15 is 0 Å². The molecule has 1 aromatic heterocycles. The van der Waals surface area contributed by atoms with Crippen molar-refractivity contribution in [3.8, 4) is 29.1 Å². The SMILES string of the molecule is CC(C)C[C@](C)(N)COc1ccc(-c2ccnc(OC(=O)N(C)C(=O)OC(C)(C)C)n2)cc1C#N. The molecule has 2 amide bonds. The summed E-state index contributed by atoms with van der Waals surface area (Å²) in [6.07, 6.45) is 0.318. The van der Waals surface area contributed by atoms with Gasteiger partial charge in [0.25, 0.3) is 0 Å². The van der Waals surface area contributed by atoms with Crippen LogP contribution in [0.5, 0.6) is 11.8 Å². The van der Waals surface area contributed by atoms with E-state index < -0.39 is 23.3 Å². The van der Waals surface area contributed by atoms with Crippen molar-refractivity contribution in [2.75, 3.05) is 13.7 Å². The summed E-state index contributed by atoms with van der Waals surface area (Å²) in [6, 6.07) is 8.49. The van der Waals surface area contributed by atoms with Gasteiger partial charge in [0.1, 0.15) is 24.0 Å². The Hall–Kier alpha value is -3.71. The lowest BCUT2D eigenvalue weighted by molar-refractivity contribution is 0.0319. The smallest absolute Gasteiger partial charge is 0.426 e. The van der Waals surface area contributed by atoms with Crippen molar-refractivity contribution >= 4 is 12.2 Å². The summed E-state index contributed by atoms with van der Waals surface area (Å²) in [5.74, 6) is 0.827. The summed E-state index contributed by atoms with van der Waals surface area (Å²) in [6.45, 7) is 11.4. The molecule has 0 aliphatic rings. The molecule has 0 spiro atoms. The molecule has 0 aliphatic heterocycles. The number of nitrogens with two attached hydrogens (primary N) is 1. The molecule has 0 saturated carbocycles.